The Morgan fingerprint density at radius 1 is 1.10 bits per heavy atom. The third-order valence-corrected chi connectivity index (χ3v) is 4.74. The molecule has 29 heavy (non-hydrogen) atoms. The highest BCUT2D eigenvalue weighted by Gasteiger charge is 2.16. The second-order valence-corrected chi connectivity index (χ2v) is 6.69. The van der Waals surface area contributed by atoms with Gasteiger partial charge in [0.25, 0.3) is 0 Å². The molecule has 0 fully saturated rings. The fourth-order valence-electron chi connectivity index (χ4n) is 3.41. The number of para-hydroxylation sites is 1. The minimum atomic E-state index is -0.458. The first-order valence-electron chi connectivity index (χ1n) is 8.97. The first-order valence-corrected chi connectivity index (χ1v) is 8.97. The molecule has 146 valence electrons. The summed E-state index contributed by atoms with van der Waals surface area (Å²) in [5.74, 6) is -0.739. The minimum Gasteiger partial charge on any atom is -0.465 e. The number of carbonyl (C=O) groups excluding carboxylic acids is 2. The van der Waals surface area contributed by atoms with E-state index in [1.54, 1.807) is 29.0 Å². The molecule has 2 aromatic heterocycles. The molecule has 4 rings (SSSR count). The van der Waals surface area contributed by atoms with Crippen molar-refractivity contribution in [3.63, 3.8) is 0 Å². The summed E-state index contributed by atoms with van der Waals surface area (Å²) in [7, 11) is 1.32. The molecule has 0 unspecified atom stereocenters. The van der Waals surface area contributed by atoms with Crippen molar-refractivity contribution < 1.29 is 18.7 Å². The van der Waals surface area contributed by atoms with Crippen LogP contribution in [-0.4, -0.2) is 23.6 Å². The molecular weight excluding hydrogens is 372 g/mol. The summed E-state index contributed by atoms with van der Waals surface area (Å²) in [6.45, 7) is 1.83. The molecule has 0 aliphatic carbocycles. The number of hydrogen-bond acceptors (Lipinski definition) is 5. The molecule has 0 saturated carbocycles. The molecular formula is C22H18N2O5. The van der Waals surface area contributed by atoms with Gasteiger partial charge in [0.05, 0.1) is 12.7 Å². The lowest BCUT2D eigenvalue weighted by Gasteiger charge is -2.08. The van der Waals surface area contributed by atoms with Crippen LogP contribution in [0.3, 0.4) is 0 Å². The summed E-state index contributed by atoms with van der Waals surface area (Å²) in [5, 5.41) is 4.33. The van der Waals surface area contributed by atoms with Crippen molar-refractivity contribution in [1.29, 1.82) is 0 Å². The van der Waals surface area contributed by atoms with Crippen LogP contribution in [0.25, 0.3) is 21.9 Å². The molecule has 0 bridgehead atoms. The Morgan fingerprint density at radius 3 is 2.69 bits per heavy atom. The van der Waals surface area contributed by atoms with Crippen LogP contribution >= 0.6 is 0 Å². The Labute approximate surface area is 165 Å². The second kappa shape index (κ2) is 7.27. The highest BCUT2D eigenvalue weighted by atomic mass is 16.5. The molecule has 2 aromatic carbocycles. The van der Waals surface area contributed by atoms with Crippen molar-refractivity contribution in [3.8, 4) is 0 Å². The van der Waals surface area contributed by atoms with Crippen LogP contribution in [0.2, 0.25) is 0 Å². The third kappa shape index (κ3) is 3.50. The van der Waals surface area contributed by atoms with E-state index in [0.29, 0.717) is 16.8 Å². The Bertz CT molecular complexity index is 1320. The normalized spacial score (nSPS) is 11.0. The van der Waals surface area contributed by atoms with Gasteiger partial charge < -0.3 is 19.0 Å². The predicted octanol–water partition coefficient (Wildman–Crippen LogP) is 3.48. The number of fused-ring (bicyclic) bond motifs is 2. The van der Waals surface area contributed by atoms with E-state index in [4.69, 9.17) is 9.15 Å². The fourth-order valence-corrected chi connectivity index (χ4v) is 3.41. The van der Waals surface area contributed by atoms with E-state index in [-0.39, 0.29) is 12.5 Å². The first kappa shape index (κ1) is 18.5. The average Bonchev–Trinajstić information content (AvgIpc) is 3.05. The summed E-state index contributed by atoms with van der Waals surface area (Å²) >= 11 is 0. The fraction of sp³-hybridized carbons (Fsp3) is 0.136. The SMILES string of the molecule is COC(=O)c1cn(CC(=O)Nc2ccc3c(C)cc(=O)oc3c2)c2ccccc12. The van der Waals surface area contributed by atoms with E-state index in [2.05, 4.69) is 5.32 Å². The topological polar surface area (TPSA) is 90.5 Å². The number of nitrogens with one attached hydrogen (secondary N) is 1. The van der Waals surface area contributed by atoms with Gasteiger partial charge in [0.15, 0.2) is 0 Å². The summed E-state index contributed by atoms with van der Waals surface area (Å²) < 4.78 is 11.7. The van der Waals surface area contributed by atoms with Crippen LogP contribution in [0.4, 0.5) is 5.69 Å². The lowest BCUT2D eigenvalue weighted by molar-refractivity contribution is -0.116. The van der Waals surface area contributed by atoms with Gasteiger partial charge in [-0.2, -0.15) is 0 Å². The van der Waals surface area contributed by atoms with E-state index >= 15 is 0 Å². The van der Waals surface area contributed by atoms with Gasteiger partial charge in [0.2, 0.25) is 5.91 Å². The lowest BCUT2D eigenvalue weighted by Crippen LogP contribution is -2.18. The van der Waals surface area contributed by atoms with Crippen molar-refractivity contribution in [1.82, 2.24) is 4.57 Å². The minimum absolute atomic E-state index is 0.00725. The number of carbonyl (C=O) groups is 2. The molecule has 1 N–H and O–H groups in total. The monoisotopic (exact) mass is 390 g/mol. The Kier molecular flexibility index (Phi) is 4.64. The Hall–Kier alpha value is -3.87. The van der Waals surface area contributed by atoms with Gasteiger partial charge in [-0.25, -0.2) is 9.59 Å². The van der Waals surface area contributed by atoms with Crippen LogP contribution in [0.1, 0.15) is 15.9 Å². The molecule has 4 aromatic rings. The van der Waals surface area contributed by atoms with E-state index in [0.717, 1.165) is 21.9 Å². The van der Waals surface area contributed by atoms with Crippen LogP contribution in [0.5, 0.6) is 0 Å². The number of aryl methyl sites for hydroxylation is 1. The molecule has 0 saturated heterocycles. The number of benzene rings is 2. The van der Waals surface area contributed by atoms with Crippen molar-refractivity contribution in [2.24, 2.45) is 0 Å². The highest BCUT2D eigenvalue weighted by molar-refractivity contribution is 6.05. The molecule has 0 aliphatic rings. The van der Waals surface area contributed by atoms with Crippen molar-refractivity contribution in [2.75, 3.05) is 12.4 Å². The zero-order chi connectivity index (χ0) is 20.5. The van der Waals surface area contributed by atoms with Crippen molar-refractivity contribution in [2.45, 2.75) is 13.5 Å². The number of amides is 1. The molecule has 0 aliphatic heterocycles. The molecule has 7 heteroatoms. The molecule has 7 nitrogen and oxygen atoms in total. The number of methoxy groups -OCH3 is 1. The Balaban J connectivity index is 1.61. The molecule has 2 heterocycles. The van der Waals surface area contributed by atoms with E-state index in [1.807, 2.05) is 31.2 Å². The maximum Gasteiger partial charge on any atom is 0.340 e. The summed E-state index contributed by atoms with van der Waals surface area (Å²) in [5.41, 5.74) is 2.45. The van der Waals surface area contributed by atoms with Crippen LogP contribution in [0, 0.1) is 6.92 Å². The Morgan fingerprint density at radius 2 is 1.90 bits per heavy atom. The molecule has 0 radical (unpaired) electrons. The van der Waals surface area contributed by atoms with Crippen molar-refractivity contribution in [3.05, 3.63) is 76.3 Å². The summed E-state index contributed by atoms with van der Waals surface area (Å²) in [6, 6.07) is 13.9. The van der Waals surface area contributed by atoms with Gasteiger partial charge in [-0.3, -0.25) is 4.79 Å². The maximum atomic E-state index is 12.6. The van der Waals surface area contributed by atoms with Crippen molar-refractivity contribution >= 4 is 39.4 Å². The largest absolute Gasteiger partial charge is 0.465 e. The zero-order valence-corrected chi connectivity index (χ0v) is 15.9. The summed E-state index contributed by atoms with van der Waals surface area (Å²) in [4.78, 5) is 36.2. The number of esters is 1. The number of nitrogens with zero attached hydrogens (tertiary/aromatic N) is 1. The van der Waals surface area contributed by atoms with Crippen LogP contribution in [0.15, 0.2) is 63.9 Å². The summed E-state index contributed by atoms with van der Waals surface area (Å²) in [6.07, 6.45) is 1.61. The quantitative estimate of drug-likeness (QED) is 0.426. The lowest BCUT2D eigenvalue weighted by atomic mass is 10.1. The zero-order valence-electron chi connectivity index (χ0n) is 15.9. The number of anilines is 1. The smallest absolute Gasteiger partial charge is 0.340 e. The molecule has 1 amide bonds. The number of hydrogen-bond donors (Lipinski definition) is 1. The average molecular weight is 390 g/mol. The van der Waals surface area contributed by atoms with E-state index in [1.165, 1.54) is 13.2 Å². The van der Waals surface area contributed by atoms with E-state index in [9.17, 15) is 14.4 Å². The first-order chi connectivity index (χ1) is 14.0. The molecule has 0 atom stereocenters. The third-order valence-electron chi connectivity index (χ3n) is 4.74. The van der Waals surface area contributed by atoms with Gasteiger partial charge >= 0.3 is 11.6 Å². The van der Waals surface area contributed by atoms with Gasteiger partial charge in [-0.15, -0.1) is 0 Å². The van der Waals surface area contributed by atoms with Gasteiger partial charge in [-0.1, -0.05) is 18.2 Å². The van der Waals surface area contributed by atoms with E-state index < -0.39 is 11.6 Å². The predicted molar refractivity (Wildman–Crippen MR) is 109 cm³/mol. The second-order valence-electron chi connectivity index (χ2n) is 6.69. The number of aromatic nitrogens is 1. The van der Waals surface area contributed by atoms with Gasteiger partial charge in [0, 0.05) is 40.3 Å². The van der Waals surface area contributed by atoms with Gasteiger partial charge in [-0.05, 0) is 30.7 Å². The van der Waals surface area contributed by atoms with Crippen LogP contribution in [-0.2, 0) is 16.1 Å². The van der Waals surface area contributed by atoms with Gasteiger partial charge in [0.1, 0.15) is 12.1 Å². The van der Waals surface area contributed by atoms with Crippen LogP contribution < -0.4 is 10.9 Å². The highest BCUT2D eigenvalue weighted by Crippen LogP contribution is 2.23. The standard InChI is InChI=1S/C22H18N2O5/c1-13-9-21(26)29-19-10-14(7-8-15(13)19)23-20(25)12-24-11-17(22(27)28-2)16-5-3-4-6-18(16)24/h3-11H,12H2,1-2H3,(H,23,25). The maximum absolute atomic E-state index is 12.6. The number of ether oxygens (including phenoxy) is 1. The number of rotatable bonds is 4. The molecule has 0 spiro atoms.